The van der Waals surface area contributed by atoms with E-state index in [1.165, 1.54) is 0 Å². The summed E-state index contributed by atoms with van der Waals surface area (Å²) in [4.78, 5) is 10.4. The number of aliphatic carboxylic acids is 1. The number of carboxylic acid groups (broad SMARTS) is 1. The van der Waals surface area contributed by atoms with E-state index in [-0.39, 0.29) is 19.4 Å². The second-order valence-corrected chi connectivity index (χ2v) is 4.92. The molecule has 0 spiro atoms. The van der Waals surface area contributed by atoms with E-state index in [0.717, 1.165) is 4.31 Å². The first-order valence-corrected chi connectivity index (χ1v) is 6.49. The Hall–Kier alpha value is -1.60. The van der Waals surface area contributed by atoms with Crippen molar-refractivity contribution in [3.63, 3.8) is 0 Å². The molecule has 94 valence electrons. The van der Waals surface area contributed by atoms with Gasteiger partial charge in [-0.15, -0.1) is 0 Å². The predicted molar refractivity (Wildman–Crippen MR) is 63.8 cm³/mol. The molecule has 6 nitrogen and oxygen atoms in total. The molecule has 0 bridgehead atoms. The van der Waals surface area contributed by atoms with Crippen LogP contribution < -0.4 is 9.44 Å². The first-order chi connectivity index (χ1) is 7.91. The van der Waals surface area contributed by atoms with Gasteiger partial charge in [0.25, 0.3) is 10.2 Å². The molecule has 0 aromatic heterocycles. The van der Waals surface area contributed by atoms with Crippen LogP contribution in [0.25, 0.3) is 0 Å². The summed E-state index contributed by atoms with van der Waals surface area (Å²) >= 11 is 0. The van der Waals surface area contributed by atoms with E-state index in [9.17, 15) is 13.2 Å². The third-order valence-corrected chi connectivity index (χ3v) is 3.11. The summed E-state index contributed by atoms with van der Waals surface area (Å²) in [5.74, 6) is -0.965. The van der Waals surface area contributed by atoms with Gasteiger partial charge in [-0.2, -0.15) is 8.42 Å². The highest BCUT2D eigenvalue weighted by atomic mass is 32.2. The third-order valence-electron chi connectivity index (χ3n) is 2.10. The van der Waals surface area contributed by atoms with Gasteiger partial charge >= 0.3 is 5.97 Å². The van der Waals surface area contributed by atoms with E-state index in [0.29, 0.717) is 5.69 Å². The normalized spacial score (nSPS) is 11.1. The van der Waals surface area contributed by atoms with Crippen LogP contribution in [0.1, 0.15) is 12.8 Å². The number of carboxylic acids is 1. The van der Waals surface area contributed by atoms with Gasteiger partial charge in [-0.25, -0.2) is 5.14 Å². The number of rotatable bonds is 6. The second-order valence-electron chi connectivity index (χ2n) is 3.45. The third kappa shape index (κ3) is 4.41. The van der Waals surface area contributed by atoms with Gasteiger partial charge in [-0.05, 0) is 18.6 Å². The highest BCUT2D eigenvalue weighted by molar-refractivity contribution is 7.90. The SMILES string of the molecule is NS(=O)(=O)N(CCCC(=O)O)c1ccccc1. The Morgan fingerprint density at radius 1 is 1.29 bits per heavy atom. The number of hydrogen-bond acceptors (Lipinski definition) is 3. The van der Waals surface area contributed by atoms with Crippen LogP contribution in [0.5, 0.6) is 0 Å². The van der Waals surface area contributed by atoms with E-state index < -0.39 is 16.2 Å². The fourth-order valence-electron chi connectivity index (χ4n) is 1.37. The summed E-state index contributed by atoms with van der Waals surface area (Å²) in [7, 11) is -3.88. The second kappa shape index (κ2) is 5.65. The van der Waals surface area contributed by atoms with Gasteiger partial charge in [0.15, 0.2) is 0 Å². The van der Waals surface area contributed by atoms with Crippen molar-refractivity contribution in [2.75, 3.05) is 10.8 Å². The van der Waals surface area contributed by atoms with Crippen molar-refractivity contribution < 1.29 is 18.3 Å². The van der Waals surface area contributed by atoms with Crippen LogP contribution in [0, 0.1) is 0 Å². The fourth-order valence-corrected chi connectivity index (χ4v) is 2.17. The van der Waals surface area contributed by atoms with Crippen molar-refractivity contribution in [1.82, 2.24) is 0 Å². The summed E-state index contributed by atoms with van der Waals surface area (Å²) in [6.07, 6.45) is 0.111. The minimum Gasteiger partial charge on any atom is -0.481 e. The Morgan fingerprint density at radius 2 is 1.88 bits per heavy atom. The Kier molecular flexibility index (Phi) is 4.47. The molecule has 0 fully saturated rings. The molecule has 0 atom stereocenters. The molecule has 0 amide bonds. The Labute approximate surface area is 99.8 Å². The number of carbonyl (C=O) groups is 1. The van der Waals surface area contributed by atoms with Crippen molar-refractivity contribution in [2.45, 2.75) is 12.8 Å². The van der Waals surface area contributed by atoms with Crippen molar-refractivity contribution in [2.24, 2.45) is 5.14 Å². The van der Waals surface area contributed by atoms with Crippen LogP contribution in [0.3, 0.4) is 0 Å². The van der Waals surface area contributed by atoms with Gasteiger partial charge in [0.1, 0.15) is 0 Å². The summed E-state index contributed by atoms with van der Waals surface area (Å²) < 4.78 is 23.7. The molecule has 0 heterocycles. The van der Waals surface area contributed by atoms with Crippen LogP contribution >= 0.6 is 0 Å². The highest BCUT2D eigenvalue weighted by Crippen LogP contribution is 2.16. The van der Waals surface area contributed by atoms with E-state index in [2.05, 4.69) is 0 Å². The van der Waals surface area contributed by atoms with Crippen molar-refractivity contribution in [3.05, 3.63) is 30.3 Å². The van der Waals surface area contributed by atoms with Gasteiger partial charge in [0.05, 0.1) is 5.69 Å². The fraction of sp³-hybridized carbons (Fsp3) is 0.300. The molecule has 0 aliphatic heterocycles. The molecule has 17 heavy (non-hydrogen) atoms. The Balaban J connectivity index is 2.80. The largest absolute Gasteiger partial charge is 0.481 e. The number of nitrogens with two attached hydrogens (primary N) is 1. The molecule has 7 heteroatoms. The van der Waals surface area contributed by atoms with Gasteiger partial charge in [0.2, 0.25) is 0 Å². The lowest BCUT2D eigenvalue weighted by molar-refractivity contribution is -0.137. The quantitative estimate of drug-likeness (QED) is 0.778. The standard InChI is InChI=1S/C10H14N2O4S/c11-17(15,16)12(8-4-7-10(13)14)9-5-2-1-3-6-9/h1-3,5-6H,4,7-8H2,(H,13,14)(H2,11,15,16). The van der Waals surface area contributed by atoms with Crippen molar-refractivity contribution >= 4 is 21.9 Å². The number of benzene rings is 1. The average molecular weight is 258 g/mol. The van der Waals surface area contributed by atoms with Crippen LogP contribution in [0.15, 0.2) is 30.3 Å². The topological polar surface area (TPSA) is 101 Å². The highest BCUT2D eigenvalue weighted by Gasteiger charge is 2.17. The molecule has 0 aliphatic carbocycles. The van der Waals surface area contributed by atoms with E-state index in [1.54, 1.807) is 30.3 Å². The minimum absolute atomic E-state index is 0.0507. The van der Waals surface area contributed by atoms with Crippen LogP contribution in [-0.2, 0) is 15.0 Å². The zero-order valence-electron chi connectivity index (χ0n) is 9.11. The molecule has 3 N–H and O–H groups in total. The van der Waals surface area contributed by atoms with Crippen LogP contribution in [0.2, 0.25) is 0 Å². The Morgan fingerprint density at radius 3 is 2.35 bits per heavy atom. The maximum absolute atomic E-state index is 11.4. The summed E-state index contributed by atoms with van der Waals surface area (Å²) in [6, 6.07) is 8.33. The smallest absolute Gasteiger partial charge is 0.303 e. The van der Waals surface area contributed by atoms with E-state index >= 15 is 0 Å². The molecule has 0 saturated heterocycles. The number of para-hydroxylation sites is 1. The molecule has 1 rings (SSSR count). The summed E-state index contributed by atoms with van der Waals surface area (Å²) in [5.41, 5.74) is 0.431. The number of hydrogen-bond donors (Lipinski definition) is 2. The average Bonchev–Trinajstić information content (AvgIpc) is 2.23. The first-order valence-electron chi connectivity index (χ1n) is 4.98. The number of nitrogens with zero attached hydrogens (tertiary/aromatic N) is 1. The van der Waals surface area contributed by atoms with Gasteiger partial charge in [0, 0.05) is 13.0 Å². The maximum atomic E-state index is 11.4. The molecule has 0 unspecified atom stereocenters. The summed E-state index contributed by atoms with van der Waals surface area (Å²) in [6.45, 7) is 0.0507. The van der Waals surface area contributed by atoms with Crippen LogP contribution in [0.4, 0.5) is 5.69 Å². The molecule has 0 aliphatic rings. The van der Waals surface area contributed by atoms with Gasteiger partial charge in [-0.3, -0.25) is 9.10 Å². The van der Waals surface area contributed by atoms with E-state index in [4.69, 9.17) is 10.2 Å². The number of anilines is 1. The van der Waals surface area contributed by atoms with Crippen molar-refractivity contribution in [3.8, 4) is 0 Å². The molecule has 0 saturated carbocycles. The molecule has 1 aromatic carbocycles. The monoisotopic (exact) mass is 258 g/mol. The molecule has 1 aromatic rings. The van der Waals surface area contributed by atoms with Gasteiger partial charge in [-0.1, -0.05) is 18.2 Å². The maximum Gasteiger partial charge on any atom is 0.303 e. The van der Waals surface area contributed by atoms with E-state index in [1.807, 2.05) is 0 Å². The molecular formula is C10H14N2O4S. The lowest BCUT2D eigenvalue weighted by Crippen LogP contribution is -2.37. The molecular weight excluding hydrogens is 244 g/mol. The minimum atomic E-state index is -3.88. The zero-order chi connectivity index (χ0) is 12.9. The lowest BCUT2D eigenvalue weighted by Gasteiger charge is -2.21. The lowest BCUT2D eigenvalue weighted by atomic mass is 10.3. The summed E-state index contributed by atoms with van der Waals surface area (Å²) in [5, 5.41) is 13.6. The zero-order valence-corrected chi connectivity index (χ0v) is 9.93. The van der Waals surface area contributed by atoms with Crippen LogP contribution in [-0.4, -0.2) is 26.0 Å². The first kappa shape index (κ1) is 13.5. The predicted octanol–water partition coefficient (Wildman–Crippen LogP) is 0.561. The van der Waals surface area contributed by atoms with Crippen molar-refractivity contribution in [1.29, 1.82) is 0 Å². The molecule has 0 radical (unpaired) electrons. The van der Waals surface area contributed by atoms with Gasteiger partial charge < -0.3 is 5.11 Å². The Bertz CT molecular complexity index is 472.